The van der Waals surface area contributed by atoms with Crippen molar-refractivity contribution in [1.82, 2.24) is 0 Å². The van der Waals surface area contributed by atoms with Crippen molar-refractivity contribution in [1.29, 1.82) is 0 Å². The fourth-order valence-corrected chi connectivity index (χ4v) is 4.53. The van der Waals surface area contributed by atoms with Gasteiger partial charge < -0.3 is 4.42 Å². The molecule has 0 radical (unpaired) electrons. The topological polar surface area (TPSA) is 17.0 Å². The molecule has 0 atom stereocenters. The van der Waals surface area contributed by atoms with Gasteiger partial charge in [0.25, 0.3) is 0 Å². The maximum absolute atomic E-state index is 6.51. The number of nitrogens with zero attached hydrogens (tertiary/aromatic N) is 1. The van der Waals surface area contributed by atoms with Crippen LogP contribution in [0.15, 0.2) is 71.3 Å². The van der Waals surface area contributed by atoms with Crippen LogP contribution in [0.4, 0.5) is 0 Å². The van der Waals surface area contributed by atoms with Crippen molar-refractivity contribution >= 4 is 32.7 Å². The average Bonchev–Trinajstić information content (AvgIpc) is 3.04. The predicted octanol–water partition coefficient (Wildman–Crippen LogP) is 7.13. The highest BCUT2D eigenvalue weighted by Gasteiger charge is 2.22. The van der Waals surface area contributed by atoms with Crippen LogP contribution in [0.2, 0.25) is 0 Å². The molecule has 2 nitrogen and oxygen atoms in total. The maximum atomic E-state index is 6.51. The van der Waals surface area contributed by atoms with E-state index in [0.717, 1.165) is 17.6 Å². The van der Waals surface area contributed by atoms with Gasteiger partial charge in [0.1, 0.15) is 18.2 Å². The van der Waals surface area contributed by atoms with Crippen LogP contribution in [-0.2, 0) is 13.5 Å². The summed E-state index contributed by atoms with van der Waals surface area (Å²) in [6.45, 7) is 9.04. The van der Waals surface area contributed by atoms with Gasteiger partial charge in [-0.3, -0.25) is 0 Å². The number of pyridine rings is 1. The first-order valence-electron chi connectivity index (χ1n) is 10.6. The number of fused-ring (bicyclic) bond motifs is 4. The molecule has 5 rings (SSSR count). The van der Waals surface area contributed by atoms with Gasteiger partial charge in [-0.1, -0.05) is 57.2 Å². The monoisotopic (exact) mass is 394 g/mol. The van der Waals surface area contributed by atoms with Gasteiger partial charge in [0.2, 0.25) is 5.69 Å². The number of benzene rings is 3. The molecule has 150 valence electrons. The molecule has 2 heteroatoms. The highest BCUT2D eigenvalue weighted by atomic mass is 16.3. The molecule has 30 heavy (non-hydrogen) atoms. The minimum absolute atomic E-state index is 0.248. The van der Waals surface area contributed by atoms with Crippen molar-refractivity contribution in [3.05, 3.63) is 78.0 Å². The molecule has 0 saturated carbocycles. The Labute approximate surface area is 177 Å². The molecule has 0 fully saturated rings. The Balaban J connectivity index is 1.80. The molecule has 0 aliphatic carbocycles. The Kier molecular flexibility index (Phi) is 4.21. The largest absolute Gasteiger partial charge is 0.455 e. The molecule has 3 aromatic carbocycles. The van der Waals surface area contributed by atoms with E-state index in [1.54, 1.807) is 0 Å². The molecule has 2 heterocycles. The summed E-state index contributed by atoms with van der Waals surface area (Å²) in [4.78, 5) is 0. The van der Waals surface area contributed by atoms with E-state index in [1.807, 2.05) is 0 Å². The number of aryl methyl sites for hydroxylation is 2. The third kappa shape index (κ3) is 3.17. The van der Waals surface area contributed by atoms with Gasteiger partial charge >= 0.3 is 0 Å². The smallest absolute Gasteiger partial charge is 0.216 e. The van der Waals surface area contributed by atoms with Gasteiger partial charge in [0.15, 0.2) is 6.20 Å². The Morgan fingerprint density at radius 1 is 0.867 bits per heavy atom. The zero-order valence-corrected chi connectivity index (χ0v) is 18.4. The first-order chi connectivity index (χ1) is 14.3. The standard InChI is InChI=1S/C28H28NO/c1-18-10-11-22-23-15-20-8-6-7-9-21(20)16-25(23)30-27(22)26(18)24-14-19(12-13-29(24)5)17-28(2,3)4/h6-16H,17H2,1-5H3/q+1. The van der Waals surface area contributed by atoms with Crippen LogP contribution in [0, 0.1) is 12.3 Å². The molecule has 2 aromatic heterocycles. The quantitative estimate of drug-likeness (QED) is 0.291. The second kappa shape index (κ2) is 6.70. The summed E-state index contributed by atoms with van der Waals surface area (Å²) in [5.74, 6) is 0. The number of hydrogen-bond acceptors (Lipinski definition) is 1. The van der Waals surface area contributed by atoms with E-state index in [-0.39, 0.29) is 5.41 Å². The molecule has 0 aliphatic heterocycles. The van der Waals surface area contributed by atoms with E-state index in [0.29, 0.717) is 0 Å². The summed E-state index contributed by atoms with van der Waals surface area (Å²) in [5, 5.41) is 4.81. The maximum Gasteiger partial charge on any atom is 0.216 e. The van der Waals surface area contributed by atoms with Gasteiger partial charge in [-0.2, -0.15) is 0 Å². The lowest BCUT2D eigenvalue weighted by Crippen LogP contribution is -2.31. The van der Waals surface area contributed by atoms with E-state index in [2.05, 4.69) is 106 Å². The summed E-state index contributed by atoms with van der Waals surface area (Å²) in [5.41, 5.74) is 7.14. The zero-order valence-electron chi connectivity index (χ0n) is 18.4. The number of furan rings is 1. The summed E-state index contributed by atoms with van der Waals surface area (Å²) in [6.07, 6.45) is 3.22. The van der Waals surface area contributed by atoms with Crippen molar-refractivity contribution in [2.24, 2.45) is 12.5 Å². The van der Waals surface area contributed by atoms with Crippen LogP contribution in [0.3, 0.4) is 0 Å². The fraction of sp³-hybridized carbons (Fsp3) is 0.250. The highest BCUT2D eigenvalue weighted by molar-refractivity contribution is 6.13. The molecule has 0 unspecified atom stereocenters. The normalized spacial score (nSPS) is 12.3. The summed E-state index contributed by atoms with van der Waals surface area (Å²) in [7, 11) is 2.12. The van der Waals surface area contributed by atoms with E-state index < -0.39 is 0 Å². The molecular weight excluding hydrogens is 366 g/mol. The molecule has 0 spiro atoms. The van der Waals surface area contributed by atoms with Crippen LogP contribution >= 0.6 is 0 Å². The Morgan fingerprint density at radius 2 is 1.60 bits per heavy atom. The second-order valence-electron chi connectivity index (χ2n) is 9.70. The molecule has 0 bridgehead atoms. The summed E-state index contributed by atoms with van der Waals surface area (Å²) >= 11 is 0. The predicted molar refractivity (Wildman–Crippen MR) is 126 cm³/mol. The Morgan fingerprint density at radius 3 is 2.33 bits per heavy atom. The van der Waals surface area contributed by atoms with Gasteiger partial charge in [-0.25, -0.2) is 4.57 Å². The number of aromatic nitrogens is 1. The van der Waals surface area contributed by atoms with Crippen LogP contribution < -0.4 is 4.57 Å². The third-order valence-corrected chi connectivity index (χ3v) is 5.92. The van der Waals surface area contributed by atoms with E-state index in [4.69, 9.17) is 4.42 Å². The lowest BCUT2D eigenvalue weighted by molar-refractivity contribution is -0.660. The number of rotatable bonds is 2. The highest BCUT2D eigenvalue weighted by Crippen LogP contribution is 2.38. The summed E-state index contributed by atoms with van der Waals surface area (Å²) in [6, 6.07) is 21.9. The molecule has 0 N–H and O–H groups in total. The van der Waals surface area contributed by atoms with E-state index >= 15 is 0 Å². The second-order valence-corrected chi connectivity index (χ2v) is 9.70. The van der Waals surface area contributed by atoms with Crippen LogP contribution in [0.25, 0.3) is 44.0 Å². The average molecular weight is 395 g/mol. The molecule has 0 amide bonds. The molecule has 0 aliphatic rings. The molecule has 5 aromatic rings. The summed E-state index contributed by atoms with van der Waals surface area (Å²) < 4.78 is 8.72. The SMILES string of the molecule is Cc1ccc2c(oc3cc4ccccc4cc32)c1-c1cc(CC(C)(C)C)cc[n+]1C. The zero-order chi connectivity index (χ0) is 21.0. The van der Waals surface area contributed by atoms with Crippen molar-refractivity contribution in [2.45, 2.75) is 34.1 Å². The Hall–Kier alpha value is -3.13. The van der Waals surface area contributed by atoms with Crippen molar-refractivity contribution in [2.75, 3.05) is 0 Å². The fourth-order valence-electron chi connectivity index (χ4n) is 4.53. The first kappa shape index (κ1) is 18.9. The van der Waals surface area contributed by atoms with Crippen LogP contribution in [0.1, 0.15) is 31.9 Å². The van der Waals surface area contributed by atoms with E-state index in [1.165, 1.54) is 43.9 Å². The van der Waals surface area contributed by atoms with Crippen molar-refractivity contribution in [3.63, 3.8) is 0 Å². The minimum atomic E-state index is 0.248. The lowest BCUT2D eigenvalue weighted by Gasteiger charge is -2.18. The van der Waals surface area contributed by atoms with Gasteiger partial charge in [0.05, 0.1) is 5.56 Å². The first-order valence-corrected chi connectivity index (χ1v) is 10.6. The third-order valence-electron chi connectivity index (χ3n) is 5.92. The van der Waals surface area contributed by atoms with Gasteiger partial charge in [-0.05, 0) is 52.8 Å². The lowest BCUT2D eigenvalue weighted by atomic mass is 9.88. The van der Waals surface area contributed by atoms with Crippen molar-refractivity contribution < 1.29 is 8.98 Å². The molecular formula is C28H28NO+. The van der Waals surface area contributed by atoms with E-state index in [9.17, 15) is 0 Å². The van der Waals surface area contributed by atoms with Crippen molar-refractivity contribution in [3.8, 4) is 11.3 Å². The van der Waals surface area contributed by atoms with Crippen LogP contribution in [0.5, 0.6) is 0 Å². The Bertz CT molecular complexity index is 1420. The minimum Gasteiger partial charge on any atom is -0.455 e. The van der Waals surface area contributed by atoms with Gasteiger partial charge in [0, 0.05) is 22.9 Å². The molecule has 0 saturated heterocycles. The number of hydrogen-bond donors (Lipinski definition) is 0. The van der Waals surface area contributed by atoms with Gasteiger partial charge in [-0.15, -0.1) is 0 Å². The van der Waals surface area contributed by atoms with Crippen LogP contribution in [-0.4, -0.2) is 0 Å².